The molecule has 0 radical (unpaired) electrons. The lowest BCUT2D eigenvalue weighted by Gasteiger charge is -2.32. The van der Waals surface area contributed by atoms with E-state index in [9.17, 15) is 14.7 Å². The highest BCUT2D eigenvalue weighted by Crippen LogP contribution is 2.18. The van der Waals surface area contributed by atoms with Gasteiger partial charge in [-0.15, -0.1) is 0 Å². The fourth-order valence-corrected chi connectivity index (χ4v) is 2.15. The average Bonchev–Trinajstić information content (AvgIpc) is 2.48. The molecular formula is C14H18N2O5. The zero-order chi connectivity index (χ0) is 15.4. The molecule has 1 fully saturated rings. The number of hydrogen-bond acceptors (Lipinski definition) is 4. The number of carboxylic acids is 1. The maximum atomic E-state index is 12.2. The smallest absolute Gasteiger partial charge is 0.337 e. The third-order valence-electron chi connectivity index (χ3n) is 3.28. The normalized spacial score (nSPS) is 18.4. The van der Waals surface area contributed by atoms with Gasteiger partial charge in [-0.3, -0.25) is 0 Å². The van der Waals surface area contributed by atoms with Gasteiger partial charge < -0.3 is 25.2 Å². The van der Waals surface area contributed by atoms with E-state index in [0.29, 0.717) is 13.2 Å². The Labute approximate surface area is 122 Å². The average molecular weight is 294 g/mol. The van der Waals surface area contributed by atoms with Crippen LogP contribution < -0.4 is 5.32 Å². The highest BCUT2D eigenvalue weighted by atomic mass is 16.5. The quantitative estimate of drug-likeness (QED) is 0.770. The van der Waals surface area contributed by atoms with Crippen molar-refractivity contribution in [3.05, 3.63) is 29.3 Å². The summed E-state index contributed by atoms with van der Waals surface area (Å²) in [4.78, 5) is 24.9. The summed E-state index contributed by atoms with van der Waals surface area (Å²) in [5.74, 6) is -1.09. The van der Waals surface area contributed by atoms with Crippen molar-refractivity contribution in [1.82, 2.24) is 4.90 Å². The maximum Gasteiger partial charge on any atom is 0.337 e. The van der Waals surface area contributed by atoms with E-state index in [-0.39, 0.29) is 24.4 Å². The van der Waals surface area contributed by atoms with Crippen molar-refractivity contribution in [3.63, 3.8) is 0 Å². The highest BCUT2D eigenvalue weighted by Gasteiger charge is 2.24. The van der Waals surface area contributed by atoms with E-state index in [1.165, 1.54) is 11.0 Å². The van der Waals surface area contributed by atoms with Crippen LogP contribution in [0.3, 0.4) is 0 Å². The standard InChI is InChI=1S/C14H18N2O5/c1-9-2-3-12(11(6-9)13(18)19)15-14(20)16-4-5-21-10(7-16)8-17/h2-3,6,10,17H,4-5,7-8H2,1H3,(H,15,20)(H,18,19). The fraction of sp³-hybridized carbons (Fsp3) is 0.429. The number of ether oxygens (including phenoxy) is 1. The summed E-state index contributed by atoms with van der Waals surface area (Å²) in [5.41, 5.74) is 1.11. The Balaban J connectivity index is 2.11. The molecule has 0 saturated carbocycles. The number of carboxylic acid groups (broad SMARTS) is 1. The molecule has 3 N–H and O–H groups in total. The number of aliphatic hydroxyl groups excluding tert-OH is 1. The first-order valence-corrected chi connectivity index (χ1v) is 6.63. The summed E-state index contributed by atoms with van der Waals surface area (Å²) < 4.78 is 5.27. The molecule has 0 aliphatic carbocycles. The van der Waals surface area contributed by atoms with Crippen LogP contribution in [0.4, 0.5) is 10.5 Å². The number of aliphatic hydroxyl groups is 1. The summed E-state index contributed by atoms with van der Waals surface area (Å²) in [5, 5.41) is 20.8. The van der Waals surface area contributed by atoms with E-state index in [1.54, 1.807) is 19.1 Å². The molecule has 7 heteroatoms. The number of benzene rings is 1. The predicted molar refractivity (Wildman–Crippen MR) is 75.6 cm³/mol. The molecule has 0 bridgehead atoms. The first-order valence-electron chi connectivity index (χ1n) is 6.63. The van der Waals surface area contributed by atoms with Crippen LogP contribution in [0.25, 0.3) is 0 Å². The van der Waals surface area contributed by atoms with Crippen LogP contribution in [0.1, 0.15) is 15.9 Å². The van der Waals surface area contributed by atoms with Crippen LogP contribution in [-0.4, -0.2) is 59.5 Å². The largest absolute Gasteiger partial charge is 0.478 e. The Bertz CT molecular complexity index is 546. The van der Waals surface area contributed by atoms with Gasteiger partial charge >= 0.3 is 12.0 Å². The van der Waals surface area contributed by atoms with Crippen molar-refractivity contribution in [3.8, 4) is 0 Å². The van der Waals surface area contributed by atoms with Gasteiger partial charge in [-0.2, -0.15) is 0 Å². The van der Waals surface area contributed by atoms with Crippen LogP contribution in [-0.2, 0) is 4.74 Å². The number of nitrogens with one attached hydrogen (secondary N) is 1. The number of carbonyl (C=O) groups is 2. The molecule has 1 aliphatic rings. The van der Waals surface area contributed by atoms with Gasteiger partial charge in [0, 0.05) is 6.54 Å². The van der Waals surface area contributed by atoms with Gasteiger partial charge in [-0.25, -0.2) is 9.59 Å². The molecular weight excluding hydrogens is 276 g/mol. The topological polar surface area (TPSA) is 99.1 Å². The Morgan fingerprint density at radius 3 is 2.90 bits per heavy atom. The number of hydrogen-bond donors (Lipinski definition) is 3. The van der Waals surface area contributed by atoms with Crippen LogP contribution in [0.15, 0.2) is 18.2 Å². The lowest BCUT2D eigenvalue weighted by atomic mass is 10.1. The van der Waals surface area contributed by atoms with Crippen molar-refractivity contribution in [1.29, 1.82) is 0 Å². The number of nitrogens with zero attached hydrogens (tertiary/aromatic N) is 1. The minimum absolute atomic E-state index is 0.0512. The molecule has 1 heterocycles. The second-order valence-electron chi connectivity index (χ2n) is 4.91. The zero-order valence-electron chi connectivity index (χ0n) is 11.7. The molecule has 1 aliphatic heterocycles. The molecule has 1 unspecified atom stereocenters. The van der Waals surface area contributed by atoms with Crippen molar-refractivity contribution >= 4 is 17.7 Å². The summed E-state index contributed by atoms with van der Waals surface area (Å²) >= 11 is 0. The summed E-state index contributed by atoms with van der Waals surface area (Å²) in [6.07, 6.45) is -0.401. The zero-order valence-corrected chi connectivity index (χ0v) is 11.7. The second kappa shape index (κ2) is 6.55. The van der Waals surface area contributed by atoms with Gasteiger partial charge in [-0.05, 0) is 19.1 Å². The minimum Gasteiger partial charge on any atom is -0.478 e. The van der Waals surface area contributed by atoms with E-state index in [1.807, 2.05) is 0 Å². The molecule has 114 valence electrons. The van der Waals surface area contributed by atoms with Gasteiger partial charge in [0.2, 0.25) is 0 Å². The number of amides is 2. The molecule has 1 saturated heterocycles. The predicted octanol–water partition coefficient (Wildman–Crippen LogP) is 0.918. The number of urea groups is 1. The summed E-state index contributed by atoms with van der Waals surface area (Å²) in [6.45, 7) is 2.64. The van der Waals surface area contributed by atoms with Gasteiger partial charge in [-0.1, -0.05) is 11.6 Å². The fourth-order valence-electron chi connectivity index (χ4n) is 2.15. The number of morpholine rings is 1. The molecule has 21 heavy (non-hydrogen) atoms. The van der Waals surface area contributed by atoms with E-state index >= 15 is 0 Å². The van der Waals surface area contributed by atoms with E-state index in [2.05, 4.69) is 5.32 Å². The van der Waals surface area contributed by atoms with Crippen LogP contribution in [0.5, 0.6) is 0 Å². The van der Waals surface area contributed by atoms with Crippen molar-refractivity contribution < 1.29 is 24.5 Å². The van der Waals surface area contributed by atoms with Gasteiger partial charge in [0.25, 0.3) is 0 Å². The Kier molecular flexibility index (Phi) is 4.77. The summed E-state index contributed by atoms with van der Waals surface area (Å²) in [6, 6.07) is 4.41. The first-order chi connectivity index (χ1) is 10.0. The van der Waals surface area contributed by atoms with E-state index in [0.717, 1.165) is 5.56 Å². The molecule has 7 nitrogen and oxygen atoms in total. The van der Waals surface area contributed by atoms with Crippen LogP contribution >= 0.6 is 0 Å². The molecule has 1 aromatic rings. The first kappa shape index (κ1) is 15.3. The SMILES string of the molecule is Cc1ccc(NC(=O)N2CCOC(CO)C2)c(C(=O)O)c1. The Hall–Kier alpha value is -2.12. The van der Waals surface area contributed by atoms with Crippen molar-refractivity contribution in [2.24, 2.45) is 0 Å². The molecule has 2 amide bonds. The van der Waals surface area contributed by atoms with Crippen molar-refractivity contribution in [2.45, 2.75) is 13.0 Å². The maximum absolute atomic E-state index is 12.2. The second-order valence-corrected chi connectivity index (χ2v) is 4.91. The van der Waals surface area contributed by atoms with E-state index in [4.69, 9.17) is 9.84 Å². The Morgan fingerprint density at radius 1 is 1.48 bits per heavy atom. The number of anilines is 1. The molecule has 1 aromatic carbocycles. The lowest BCUT2D eigenvalue weighted by Crippen LogP contribution is -2.48. The van der Waals surface area contributed by atoms with Crippen molar-refractivity contribution in [2.75, 3.05) is 31.6 Å². The minimum atomic E-state index is -1.09. The molecule has 1 atom stereocenters. The number of aryl methyl sites for hydroxylation is 1. The van der Waals surface area contributed by atoms with Crippen LogP contribution in [0.2, 0.25) is 0 Å². The van der Waals surface area contributed by atoms with Gasteiger partial charge in [0.05, 0.1) is 37.1 Å². The summed E-state index contributed by atoms with van der Waals surface area (Å²) in [7, 11) is 0. The third-order valence-corrected chi connectivity index (χ3v) is 3.28. The number of aromatic carboxylic acids is 1. The van der Waals surface area contributed by atoms with Gasteiger partial charge in [0.15, 0.2) is 0 Å². The lowest BCUT2D eigenvalue weighted by molar-refractivity contribution is -0.0388. The number of rotatable bonds is 3. The third kappa shape index (κ3) is 3.71. The molecule has 0 aromatic heterocycles. The van der Waals surface area contributed by atoms with Crippen LogP contribution in [0, 0.1) is 6.92 Å². The highest BCUT2D eigenvalue weighted by molar-refractivity contribution is 6.00. The molecule has 2 rings (SSSR count). The monoisotopic (exact) mass is 294 g/mol. The van der Waals surface area contributed by atoms with E-state index < -0.39 is 18.1 Å². The number of carbonyl (C=O) groups excluding carboxylic acids is 1. The van der Waals surface area contributed by atoms with Gasteiger partial charge in [0.1, 0.15) is 0 Å². The Morgan fingerprint density at radius 2 is 2.24 bits per heavy atom. The molecule has 0 spiro atoms.